The highest BCUT2D eigenvalue weighted by molar-refractivity contribution is 9.10. The summed E-state index contributed by atoms with van der Waals surface area (Å²) in [6, 6.07) is 11.4. The van der Waals surface area contributed by atoms with Crippen molar-refractivity contribution in [3.8, 4) is 5.75 Å². The number of halogens is 2. The molecule has 0 heterocycles. The van der Waals surface area contributed by atoms with Gasteiger partial charge in [0.25, 0.3) is 0 Å². The molecule has 0 aromatic heterocycles. The first-order chi connectivity index (χ1) is 9.69. The second-order valence-electron chi connectivity index (χ2n) is 4.89. The molecule has 20 heavy (non-hydrogen) atoms. The van der Waals surface area contributed by atoms with Gasteiger partial charge in [-0.3, -0.25) is 0 Å². The fourth-order valence-corrected chi connectivity index (χ4v) is 3.30. The Morgan fingerprint density at radius 3 is 2.90 bits per heavy atom. The van der Waals surface area contributed by atoms with Gasteiger partial charge in [-0.05, 0) is 42.2 Å². The third-order valence-corrected chi connectivity index (χ3v) is 4.45. The first-order valence-corrected chi connectivity index (χ1v) is 7.35. The largest absolute Gasteiger partial charge is 0.494 e. The van der Waals surface area contributed by atoms with Crippen LogP contribution in [0.1, 0.15) is 23.6 Å². The van der Waals surface area contributed by atoms with Crippen molar-refractivity contribution in [1.29, 1.82) is 0 Å². The van der Waals surface area contributed by atoms with Crippen LogP contribution >= 0.6 is 15.9 Å². The summed E-state index contributed by atoms with van der Waals surface area (Å²) < 4.78 is 19.8. The van der Waals surface area contributed by atoms with Crippen LogP contribution in [-0.4, -0.2) is 7.11 Å². The monoisotopic (exact) mass is 335 g/mol. The molecule has 4 heteroatoms. The van der Waals surface area contributed by atoms with E-state index in [4.69, 9.17) is 4.74 Å². The zero-order chi connectivity index (χ0) is 14.1. The number of rotatable bonds is 3. The summed E-state index contributed by atoms with van der Waals surface area (Å²) in [6.07, 6.45) is 2.05. The molecule has 0 bridgehead atoms. The van der Waals surface area contributed by atoms with Crippen molar-refractivity contribution in [2.45, 2.75) is 18.9 Å². The Bertz CT molecular complexity index is 644. The third kappa shape index (κ3) is 2.40. The van der Waals surface area contributed by atoms with Gasteiger partial charge < -0.3 is 10.1 Å². The maximum atomic E-state index is 13.7. The summed E-state index contributed by atoms with van der Waals surface area (Å²) in [6.45, 7) is 0. The average molecular weight is 336 g/mol. The predicted octanol–water partition coefficient (Wildman–Crippen LogP) is 4.70. The van der Waals surface area contributed by atoms with E-state index >= 15 is 0 Å². The fraction of sp³-hybridized carbons (Fsp3) is 0.250. The minimum Gasteiger partial charge on any atom is -0.494 e. The van der Waals surface area contributed by atoms with Crippen LogP contribution in [-0.2, 0) is 6.42 Å². The molecule has 104 valence electrons. The molecule has 0 spiro atoms. The van der Waals surface area contributed by atoms with Gasteiger partial charge in [0, 0.05) is 16.2 Å². The molecule has 3 rings (SSSR count). The summed E-state index contributed by atoms with van der Waals surface area (Å²) in [5.74, 6) is -0.0740. The molecule has 1 aliphatic rings. The standard InChI is InChI=1S/C16H15BrFNO/c1-20-16-8-5-10(9-14(16)18)19-15-7-6-11-12(15)3-2-4-13(11)17/h2-5,8-9,15,19H,6-7H2,1H3. The Hall–Kier alpha value is -1.55. The second-order valence-corrected chi connectivity index (χ2v) is 5.75. The van der Waals surface area contributed by atoms with Crippen molar-refractivity contribution in [3.63, 3.8) is 0 Å². The van der Waals surface area contributed by atoms with Crippen LogP contribution in [0, 0.1) is 5.82 Å². The van der Waals surface area contributed by atoms with Crippen LogP contribution < -0.4 is 10.1 Å². The molecule has 0 radical (unpaired) electrons. The molecule has 2 nitrogen and oxygen atoms in total. The van der Waals surface area contributed by atoms with Gasteiger partial charge in [0.2, 0.25) is 0 Å². The lowest BCUT2D eigenvalue weighted by molar-refractivity contribution is 0.386. The second kappa shape index (κ2) is 5.44. The van der Waals surface area contributed by atoms with Crippen molar-refractivity contribution < 1.29 is 9.13 Å². The molecular weight excluding hydrogens is 321 g/mol. The lowest BCUT2D eigenvalue weighted by Gasteiger charge is -2.16. The SMILES string of the molecule is COc1ccc(NC2CCc3c(Br)cccc32)cc1F. The number of methoxy groups -OCH3 is 1. The van der Waals surface area contributed by atoms with E-state index in [1.807, 2.05) is 12.1 Å². The van der Waals surface area contributed by atoms with Crippen LogP contribution in [0.3, 0.4) is 0 Å². The molecular formula is C16H15BrFNO. The molecule has 0 fully saturated rings. The first-order valence-electron chi connectivity index (χ1n) is 6.56. The Kier molecular flexibility index (Phi) is 3.66. The molecule has 2 aromatic carbocycles. The zero-order valence-corrected chi connectivity index (χ0v) is 12.7. The molecule has 0 saturated carbocycles. The van der Waals surface area contributed by atoms with Crippen LogP contribution in [0.5, 0.6) is 5.75 Å². The summed E-state index contributed by atoms with van der Waals surface area (Å²) >= 11 is 3.59. The molecule has 1 atom stereocenters. The predicted molar refractivity (Wildman–Crippen MR) is 81.8 cm³/mol. The first kappa shape index (κ1) is 13.4. The summed E-state index contributed by atoms with van der Waals surface area (Å²) in [5, 5.41) is 3.40. The Morgan fingerprint density at radius 1 is 1.30 bits per heavy atom. The van der Waals surface area contributed by atoms with Gasteiger partial charge >= 0.3 is 0 Å². The summed E-state index contributed by atoms with van der Waals surface area (Å²) in [7, 11) is 1.47. The summed E-state index contributed by atoms with van der Waals surface area (Å²) in [5.41, 5.74) is 3.41. The van der Waals surface area contributed by atoms with E-state index in [0.29, 0.717) is 0 Å². The van der Waals surface area contributed by atoms with Gasteiger partial charge in [0.15, 0.2) is 11.6 Å². The Morgan fingerprint density at radius 2 is 2.15 bits per heavy atom. The molecule has 1 aliphatic carbocycles. The van der Waals surface area contributed by atoms with Crippen molar-refractivity contribution in [2.75, 3.05) is 12.4 Å². The van der Waals surface area contributed by atoms with E-state index in [9.17, 15) is 4.39 Å². The number of nitrogens with one attached hydrogen (secondary N) is 1. The maximum absolute atomic E-state index is 13.7. The van der Waals surface area contributed by atoms with E-state index in [1.54, 1.807) is 6.07 Å². The van der Waals surface area contributed by atoms with E-state index < -0.39 is 0 Å². The smallest absolute Gasteiger partial charge is 0.167 e. The van der Waals surface area contributed by atoms with E-state index in [-0.39, 0.29) is 17.6 Å². The molecule has 0 aliphatic heterocycles. The zero-order valence-electron chi connectivity index (χ0n) is 11.1. The average Bonchev–Trinajstić information content (AvgIpc) is 2.84. The van der Waals surface area contributed by atoms with Gasteiger partial charge in [-0.2, -0.15) is 0 Å². The van der Waals surface area contributed by atoms with Crippen LogP contribution in [0.15, 0.2) is 40.9 Å². The van der Waals surface area contributed by atoms with Crippen LogP contribution in [0.2, 0.25) is 0 Å². The van der Waals surface area contributed by atoms with Gasteiger partial charge in [-0.1, -0.05) is 28.1 Å². The van der Waals surface area contributed by atoms with Gasteiger partial charge in [-0.25, -0.2) is 4.39 Å². The highest BCUT2D eigenvalue weighted by Crippen LogP contribution is 2.37. The van der Waals surface area contributed by atoms with E-state index in [1.165, 1.54) is 24.3 Å². The highest BCUT2D eigenvalue weighted by Gasteiger charge is 2.23. The quantitative estimate of drug-likeness (QED) is 0.877. The minimum absolute atomic E-state index is 0.232. The van der Waals surface area contributed by atoms with Gasteiger partial charge in [0.05, 0.1) is 13.2 Å². The van der Waals surface area contributed by atoms with Crippen molar-refractivity contribution >= 4 is 21.6 Å². The third-order valence-electron chi connectivity index (χ3n) is 3.71. The number of anilines is 1. The Balaban J connectivity index is 1.84. The molecule has 1 N–H and O–H groups in total. The van der Waals surface area contributed by atoms with E-state index in [0.717, 1.165) is 23.0 Å². The normalized spacial score (nSPS) is 16.9. The number of hydrogen-bond donors (Lipinski definition) is 1. The van der Waals surface area contributed by atoms with Gasteiger partial charge in [0.1, 0.15) is 0 Å². The van der Waals surface area contributed by atoms with Gasteiger partial charge in [-0.15, -0.1) is 0 Å². The topological polar surface area (TPSA) is 21.3 Å². The summed E-state index contributed by atoms with van der Waals surface area (Å²) in [4.78, 5) is 0. The van der Waals surface area contributed by atoms with Crippen molar-refractivity contribution in [2.24, 2.45) is 0 Å². The number of hydrogen-bond acceptors (Lipinski definition) is 2. The lowest BCUT2D eigenvalue weighted by Crippen LogP contribution is -2.07. The highest BCUT2D eigenvalue weighted by atomic mass is 79.9. The van der Waals surface area contributed by atoms with E-state index in [2.05, 4.69) is 33.4 Å². The van der Waals surface area contributed by atoms with Crippen molar-refractivity contribution in [3.05, 3.63) is 57.8 Å². The maximum Gasteiger partial charge on any atom is 0.167 e. The minimum atomic E-state index is -0.343. The lowest BCUT2D eigenvalue weighted by atomic mass is 10.1. The fourth-order valence-electron chi connectivity index (χ4n) is 2.72. The molecule has 2 aromatic rings. The van der Waals surface area contributed by atoms with Crippen LogP contribution in [0.4, 0.5) is 10.1 Å². The number of fused-ring (bicyclic) bond motifs is 1. The van der Waals surface area contributed by atoms with Crippen molar-refractivity contribution in [1.82, 2.24) is 0 Å². The molecule has 0 saturated heterocycles. The molecule has 0 amide bonds. The number of benzene rings is 2. The molecule has 1 unspecified atom stereocenters. The Labute approximate surface area is 126 Å². The number of ether oxygens (including phenoxy) is 1. The van der Waals surface area contributed by atoms with Crippen LogP contribution in [0.25, 0.3) is 0 Å².